The first-order chi connectivity index (χ1) is 6.22. The quantitative estimate of drug-likeness (QED) is 0.483. The smallest absolute Gasteiger partial charge is 0.151 e. The van der Waals surface area contributed by atoms with Gasteiger partial charge in [-0.1, -0.05) is 0 Å². The fourth-order valence-corrected chi connectivity index (χ4v) is 3.34. The van der Waals surface area contributed by atoms with Gasteiger partial charge < -0.3 is 0 Å². The van der Waals surface area contributed by atoms with E-state index >= 15 is 0 Å². The van der Waals surface area contributed by atoms with E-state index in [0.717, 1.165) is 25.0 Å². The van der Waals surface area contributed by atoms with Gasteiger partial charge in [-0.05, 0) is 40.8 Å². The molecule has 4 heteroatoms. The Balaban J connectivity index is 2.85. The molecule has 0 saturated heterocycles. The average molecular weight is 320 g/mol. The van der Waals surface area contributed by atoms with Crippen LogP contribution in [0, 0.1) is 3.57 Å². The molecule has 0 saturated carbocycles. The van der Waals surface area contributed by atoms with Crippen LogP contribution in [0.5, 0.6) is 0 Å². The zero-order valence-electron chi connectivity index (χ0n) is 6.45. The molecule has 0 N–H and O–H groups in total. The molecule has 0 aliphatic carbocycles. The number of halogens is 1. The minimum absolute atomic E-state index is 0.749. The third-order valence-electron chi connectivity index (χ3n) is 1.78. The van der Waals surface area contributed by atoms with Crippen molar-refractivity contribution >= 4 is 62.9 Å². The van der Waals surface area contributed by atoms with Gasteiger partial charge >= 0.3 is 0 Å². The van der Waals surface area contributed by atoms with Crippen LogP contribution in [0.25, 0.3) is 10.1 Å². The summed E-state index contributed by atoms with van der Waals surface area (Å²) in [4.78, 5) is 10.7. The maximum absolute atomic E-state index is 10.7. The van der Waals surface area contributed by atoms with E-state index in [1.807, 2.05) is 18.2 Å². The Morgan fingerprint density at radius 2 is 2.23 bits per heavy atom. The number of thiol groups is 1. The van der Waals surface area contributed by atoms with Crippen molar-refractivity contribution in [3.8, 4) is 0 Å². The van der Waals surface area contributed by atoms with Gasteiger partial charge in [-0.15, -0.1) is 24.0 Å². The summed E-state index contributed by atoms with van der Waals surface area (Å²) in [6.45, 7) is 0. The predicted octanol–water partition coefficient (Wildman–Crippen LogP) is 3.61. The van der Waals surface area contributed by atoms with Crippen LogP contribution in [0.4, 0.5) is 0 Å². The molecule has 0 radical (unpaired) electrons. The van der Waals surface area contributed by atoms with Gasteiger partial charge in [0.25, 0.3) is 0 Å². The standard InChI is InChI=1S/C9H5IOS2/c10-9-5(4-11)1-2-7-6(9)3-8(12)13-7/h1-4,12H. The van der Waals surface area contributed by atoms with Crippen molar-refractivity contribution in [3.63, 3.8) is 0 Å². The summed E-state index contributed by atoms with van der Waals surface area (Å²) in [7, 11) is 0. The fraction of sp³-hybridized carbons (Fsp3) is 0. The van der Waals surface area contributed by atoms with Crippen LogP contribution in [0.15, 0.2) is 22.4 Å². The molecule has 0 atom stereocenters. The van der Waals surface area contributed by atoms with Crippen molar-refractivity contribution in [2.24, 2.45) is 0 Å². The van der Waals surface area contributed by atoms with Crippen LogP contribution >= 0.6 is 46.6 Å². The van der Waals surface area contributed by atoms with Crippen LogP contribution in [0.3, 0.4) is 0 Å². The van der Waals surface area contributed by atoms with E-state index in [-0.39, 0.29) is 0 Å². The van der Waals surface area contributed by atoms with E-state index in [1.54, 1.807) is 11.3 Å². The van der Waals surface area contributed by atoms with Gasteiger partial charge in [-0.2, -0.15) is 0 Å². The van der Waals surface area contributed by atoms with E-state index in [2.05, 4.69) is 35.2 Å². The molecular weight excluding hydrogens is 315 g/mol. The third-order valence-corrected chi connectivity index (χ3v) is 4.29. The van der Waals surface area contributed by atoms with Crippen LogP contribution in [-0.4, -0.2) is 6.29 Å². The van der Waals surface area contributed by atoms with Crippen molar-refractivity contribution in [3.05, 3.63) is 27.3 Å². The van der Waals surface area contributed by atoms with E-state index in [4.69, 9.17) is 0 Å². The van der Waals surface area contributed by atoms with Crippen molar-refractivity contribution in [1.29, 1.82) is 0 Å². The van der Waals surface area contributed by atoms with E-state index in [1.165, 1.54) is 4.70 Å². The molecule has 66 valence electrons. The molecule has 2 aromatic rings. The number of rotatable bonds is 1. The fourth-order valence-electron chi connectivity index (χ4n) is 1.17. The highest BCUT2D eigenvalue weighted by Gasteiger charge is 2.06. The van der Waals surface area contributed by atoms with Gasteiger partial charge in [-0.25, -0.2) is 0 Å². The Labute approximate surface area is 98.7 Å². The minimum Gasteiger partial charge on any atom is -0.298 e. The number of carbonyl (C=O) groups is 1. The van der Waals surface area contributed by atoms with Crippen molar-refractivity contribution in [2.75, 3.05) is 0 Å². The molecule has 0 amide bonds. The molecule has 0 unspecified atom stereocenters. The van der Waals surface area contributed by atoms with E-state index in [9.17, 15) is 4.79 Å². The van der Waals surface area contributed by atoms with Gasteiger partial charge in [0.05, 0.1) is 4.21 Å². The Morgan fingerprint density at radius 1 is 1.46 bits per heavy atom. The second-order valence-electron chi connectivity index (χ2n) is 2.58. The first kappa shape index (κ1) is 9.48. The summed E-state index contributed by atoms with van der Waals surface area (Å²) in [6, 6.07) is 5.81. The molecule has 1 nitrogen and oxygen atoms in total. The second kappa shape index (κ2) is 3.59. The normalized spacial score (nSPS) is 10.6. The number of aldehydes is 1. The molecule has 0 bridgehead atoms. The van der Waals surface area contributed by atoms with Crippen molar-refractivity contribution in [2.45, 2.75) is 4.21 Å². The Morgan fingerprint density at radius 3 is 2.92 bits per heavy atom. The highest BCUT2D eigenvalue weighted by atomic mass is 127. The predicted molar refractivity (Wildman–Crippen MR) is 67.2 cm³/mol. The number of hydrogen-bond donors (Lipinski definition) is 1. The van der Waals surface area contributed by atoms with Crippen LogP contribution in [0.2, 0.25) is 0 Å². The summed E-state index contributed by atoms with van der Waals surface area (Å²) in [5, 5.41) is 1.13. The number of thiophene rings is 1. The Kier molecular flexibility index (Phi) is 2.62. The van der Waals surface area contributed by atoms with Crippen LogP contribution in [-0.2, 0) is 0 Å². The summed E-state index contributed by atoms with van der Waals surface area (Å²) in [5.41, 5.74) is 0.749. The van der Waals surface area contributed by atoms with Gasteiger partial charge in [0.15, 0.2) is 6.29 Å². The maximum atomic E-state index is 10.7. The highest BCUT2D eigenvalue weighted by molar-refractivity contribution is 14.1. The highest BCUT2D eigenvalue weighted by Crippen LogP contribution is 2.32. The lowest BCUT2D eigenvalue weighted by molar-refractivity contribution is 0.112. The number of hydrogen-bond acceptors (Lipinski definition) is 3. The zero-order chi connectivity index (χ0) is 9.42. The molecule has 0 aliphatic heterocycles. The summed E-state index contributed by atoms with van der Waals surface area (Å²) in [6.07, 6.45) is 0.886. The van der Waals surface area contributed by atoms with Gasteiger partial charge in [-0.3, -0.25) is 4.79 Å². The van der Waals surface area contributed by atoms with Crippen molar-refractivity contribution in [1.82, 2.24) is 0 Å². The first-order valence-corrected chi connectivity index (χ1v) is 5.93. The largest absolute Gasteiger partial charge is 0.298 e. The monoisotopic (exact) mass is 320 g/mol. The first-order valence-electron chi connectivity index (χ1n) is 3.58. The topological polar surface area (TPSA) is 17.1 Å². The van der Waals surface area contributed by atoms with E-state index < -0.39 is 0 Å². The van der Waals surface area contributed by atoms with Gasteiger partial charge in [0, 0.05) is 19.2 Å². The van der Waals surface area contributed by atoms with Gasteiger partial charge in [0.2, 0.25) is 0 Å². The Hall–Kier alpha value is -0.0700. The molecule has 2 rings (SSSR count). The molecule has 0 spiro atoms. The number of benzene rings is 1. The average Bonchev–Trinajstić information content (AvgIpc) is 2.47. The summed E-state index contributed by atoms with van der Waals surface area (Å²) < 4.78 is 3.18. The van der Waals surface area contributed by atoms with Crippen LogP contribution < -0.4 is 0 Å². The molecular formula is C9H5IOS2. The lowest BCUT2D eigenvalue weighted by Crippen LogP contribution is -1.84. The SMILES string of the molecule is O=Cc1ccc2sc(S)cc2c1I. The minimum atomic E-state index is 0.749. The second-order valence-corrected chi connectivity index (χ2v) is 5.53. The number of fused-ring (bicyclic) bond motifs is 1. The van der Waals surface area contributed by atoms with Crippen molar-refractivity contribution < 1.29 is 4.79 Å². The molecule has 1 heterocycles. The maximum Gasteiger partial charge on any atom is 0.151 e. The zero-order valence-corrected chi connectivity index (χ0v) is 10.3. The number of carbonyl (C=O) groups excluding carboxylic acids is 1. The molecule has 0 aliphatic rings. The van der Waals surface area contributed by atoms with E-state index in [0.29, 0.717) is 0 Å². The Bertz CT molecular complexity index is 476. The molecule has 0 fully saturated rings. The summed E-state index contributed by atoms with van der Waals surface area (Å²) in [5.74, 6) is 0. The van der Waals surface area contributed by atoms with Gasteiger partial charge in [0.1, 0.15) is 0 Å². The van der Waals surface area contributed by atoms with Crippen LogP contribution in [0.1, 0.15) is 10.4 Å². The lowest BCUT2D eigenvalue weighted by Gasteiger charge is -1.96. The molecule has 13 heavy (non-hydrogen) atoms. The lowest BCUT2D eigenvalue weighted by atomic mass is 10.2. The summed E-state index contributed by atoms with van der Waals surface area (Å²) >= 11 is 8.10. The molecule has 1 aromatic carbocycles. The molecule has 1 aromatic heterocycles. The third kappa shape index (κ3) is 1.62.